The molecule has 0 aliphatic carbocycles. The fraction of sp³-hybridized carbons (Fsp3) is 0.192. The van der Waals surface area contributed by atoms with Gasteiger partial charge in [-0.05, 0) is 59.9 Å². The summed E-state index contributed by atoms with van der Waals surface area (Å²) in [6.07, 6.45) is 2.45. The maximum atomic E-state index is 12.3. The van der Waals surface area contributed by atoms with Crippen LogP contribution in [-0.2, 0) is 4.79 Å². The first-order valence-corrected chi connectivity index (χ1v) is 11.0. The van der Waals surface area contributed by atoms with E-state index in [-0.39, 0.29) is 23.6 Å². The predicted octanol–water partition coefficient (Wildman–Crippen LogP) is 4.86. The molecule has 3 rings (SSSR count). The van der Waals surface area contributed by atoms with Gasteiger partial charge in [-0.3, -0.25) is 14.9 Å². The Morgan fingerprint density at radius 3 is 2.43 bits per heavy atom. The number of rotatable bonds is 10. The molecule has 35 heavy (non-hydrogen) atoms. The Bertz CT molecular complexity index is 1210. The van der Waals surface area contributed by atoms with Crippen molar-refractivity contribution < 1.29 is 24.0 Å². The van der Waals surface area contributed by atoms with Crippen molar-refractivity contribution in [1.82, 2.24) is 5.43 Å². The number of nitrogens with one attached hydrogen (secondary N) is 1. The lowest BCUT2D eigenvalue weighted by atomic mass is 9.99. The highest BCUT2D eigenvalue weighted by molar-refractivity contribution is 5.91. The number of amides is 1. The Labute approximate surface area is 202 Å². The minimum absolute atomic E-state index is 0.119. The van der Waals surface area contributed by atoms with Crippen molar-refractivity contribution >= 4 is 23.8 Å². The van der Waals surface area contributed by atoms with Gasteiger partial charge in [0.25, 0.3) is 11.6 Å². The van der Waals surface area contributed by atoms with Gasteiger partial charge in [-0.1, -0.05) is 38.1 Å². The molecule has 1 atom stereocenters. The molecule has 0 bridgehead atoms. The molecule has 9 heteroatoms. The summed E-state index contributed by atoms with van der Waals surface area (Å²) in [6.45, 7) is 4.09. The minimum Gasteiger partial charge on any atom is -0.484 e. The molecular formula is C26H25N3O6. The molecule has 3 aromatic carbocycles. The Balaban J connectivity index is 1.49. The fourth-order valence-electron chi connectivity index (χ4n) is 3.03. The van der Waals surface area contributed by atoms with E-state index in [0.717, 1.165) is 6.42 Å². The molecule has 1 unspecified atom stereocenters. The van der Waals surface area contributed by atoms with Gasteiger partial charge in [-0.25, -0.2) is 10.2 Å². The van der Waals surface area contributed by atoms with Crippen molar-refractivity contribution in [3.8, 4) is 11.5 Å². The summed E-state index contributed by atoms with van der Waals surface area (Å²) in [7, 11) is 0. The van der Waals surface area contributed by atoms with Gasteiger partial charge in [0.1, 0.15) is 11.5 Å². The lowest BCUT2D eigenvalue weighted by molar-refractivity contribution is -0.384. The van der Waals surface area contributed by atoms with E-state index in [1.807, 2.05) is 24.3 Å². The molecule has 0 spiro atoms. The van der Waals surface area contributed by atoms with Gasteiger partial charge in [0.2, 0.25) is 0 Å². The minimum atomic E-state index is -0.656. The van der Waals surface area contributed by atoms with E-state index in [4.69, 9.17) is 9.47 Å². The number of nitro benzene ring substituents is 1. The highest BCUT2D eigenvalue weighted by atomic mass is 16.6. The molecule has 1 N–H and O–H groups in total. The standard InChI is InChI=1S/C26H25N3O6/c1-3-18(2)20-9-13-23(14-10-20)34-17-25(30)28-27-16-19-5-4-6-24(15-19)35-26(31)21-7-11-22(12-8-21)29(32)33/h4-16,18H,3,17H2,1-2H3,(H,28,30)/b27-16-. The quantitative estimate of drug-likeness (QED) is 0.147. The van der Waals surface area contributed by atoms with Crippen LogP contribution in [0.25, 0.3) is 0 Å². The van der Waals surface area contributed by atoms with Gasteiger partial charge >= 0.3 is 5.97 Å². The van der Waals surface area contributed by atoms with E-state index in [2.05, 4.69) is 24.4 Å². The Morgan fingerprint density at radius 1 is 1.06 bits per heavy atom. The second-order valence-corrected chi connectivity index (χ2v) is 7.73. The smallest absolute Gasteiger partial charge is 0.343 e. The lowest BCUT2D eigenvalue weighted by Crippen LogP contribution is -2.24. The molecule has 3 aromatic rings. The average molecular weight is 476 g/mol. The molecule has 180 valence electrons. The van der Waals surface area contributed by atoms with Crippen LogP contribution in [0.2, 0.25) is 0 Å². The summed E-state index contributed by atoms with van der Waals surface area (Å²) in [5.41, 5.74) is 4.24. The fourth-order valence-corrected chi connectivity index (χ4v) is 3.03. The van der Waals surface area contributed by atoms with Crippen molar-refractivity contribution in [2.75, 3.05) is 6.61 Å². The molecule has 0 heterocycles. The Kier molecular flexibility index (Phi) is 8.66. The van der Waals surface area contributed by atoms with E-state index in [1.54, 1.807) is 24.3 Å². The van der Waals surface area contributed by atoms with E-state index < -0.39 is 16.8 Å². The first kappa shape index (κ1) is 25.1. The van der Waals surface area contributed by atoms with Gasteiger partial charge in [0, 0.05) is 12.1 Å². The molecule has 0 saturated carbocycles. The number of non-ortho nitro benzene ring substituents is 1. The van der Waals surface area contributed by atoms with Gasteiger partial charge in [0.05, 0.1) is 16.7 Å². The van der Waals surface area contributed by atoms with Gasteiger partial charge in [0.15, 0.2) is 6.61 Å². The van der Waals surface area contributed by atoms with E-state index in [0.29, 0.717) is 17.2 Å². The molecule has 0 saturated heterocycles. The first-order chi connectivity index (χ1) is 16.9. The number of hydrazone groups is 1. The third kappa shape index (κ3) is 7.50. The molecule has 0 aliphatic heterocycles. The third-order valence-electron chi connectivity index (χ3n) is 5.22. The topological polar surface area (TPSA) is 120 Å². The average Bonchev–Trinajstić information content (AvgIpc) is 2.87. The summed E-state index contributed by atoms with van der Waals surface area (Å²) in [6, 6.07) is 19.3. The number of ether oxygens (including phenoxy) is 2. The zero-order valence-corrected chi connectivity index (χ0v) is 19.3. The number of nitrogens with zero attached hydrogens (tertiary/aromatic N) is 2. The highest BCUT2D eigenvalue weighted by Crippen LogP contribution is 2.21. The van der Waals surface area contributed by atoms with Crippen molar-refractivity contribution in [2.24, 2.45) is 5.10 Å². The van der Waals surface area contributed by atoms with Gasteiger partial charge in [-0.2, -0.15) is 5.10 Å². The number of hydrogen-bond acceptors (Lipinski definition) is 7. The zero-order valence-electron chi connectivity index (χ0n) is 19.3. The summed E-state index contributed by atoms with van der Waals surface area (Å²) >= 11 is 0. The van der Waals surface area contributed by atoms with Crippen LogP contribution >= 0.6 is 0 Å². The Morgan fingerprint density at radius 2 is 1.77 bits per heavy atom. The molecule has 1 amide bonds. The number of benzene rings is 3. The number of esters is 1. The second kappa shape index (κ2) is 12.1. The van der Waals surface area contributed by atoms with E-state index in [9.17, 15) is 19.7 Å². The normalized spacial score (nSPS) is 11.6. The van der Waals surface area contributed by atoms with Crippen molar-refractivity contribution in [1.29, 1.82) is 0 Å². The van der Waals surface area contributed by atoms with Crippen LogP contribution in [0.5, 0.6) is 11.5 Å². The molecule has 9 nitrogen and oxygen atoms in total. The summed E-state index contributed by atoms with van der Waals surface area (Å²) in [4.78, 5) is 34.4. The molecule has 0 aliphatic rings. The zero-order chi connectivity index (χ0) is 25.2. The molecular weight excluding hydrogens is 450 g/mol. The van der Waals surface area contributed by atoms with Crippen LogP contribution in [0.15, 0.2) is 77.9 Å². The van der Waals surface area contributed by atoms with Gasteiger partial charge in [-0.15, -0.1) is 0 Å². The monoisotopic (exact) mass is 475 g/mol. The second-order valence-electron chi connectivity index (χ2n) is 7.73. The van der Waals surface area contributed by atoms with Crippen LogP contribution in [-0.4, -0.2) is 29.6 Å². The van der Waals surface area contributed by atoms with Crippen LogP contribution in [0, 0.1) is 10.1 Å². The summed E-state index contributed by atoms with van der Waals surface area (Å²) in [5, 5.41) is 14.6. The predicted molar refractivity (Wildman–Crippen MR) is 131 cm³/mol. The van der Waals surface area contributed by atoms with Crippen molar-refractivity contribution in [3.05, 3.63) is 99.6 Å². The van der Waals surface area contributed by atoms with Crippen LogP contribution in [0.4, 0.5) is 5.69 Å². The number of nitro groups is 1. The van der Waals surface area contributed by atoms with Crippen molar-refractivity contribution in [3.63, 3.8) is 0 Å². The lowest BCUT2D eigenvalue weighted by Gasteiger charge is -2.10. The largest absolute Gasteiger partial charge is 0.484 e. The number of hydrogen-bond donors (Lipinski definition) is 1. The SMILES string of the molecule is CCC(C)c1ccc(OCC(=O)N/N=C\c2cccc(OC(=O)c3ccc([N+](=O)[O-])cc3)c2)cc1. The van der Waals surface area contributed by atoms with Crippen LogP contribution < -0.4 is 14.9 Å². The third-order valence-corrected chi connectivity index (χ3v) is 5.22. The van der Waals surface area contributed by atoms with Gasteiger partial charge < -0.3 is 9.47 Å². The molecule has 0 aromatic heterocycles. The summed E-state index contributed by atoms with van der Waals surface area (Å²) in [5.74, 6) is 0.238. The van der Waals surface area contributed by atoms with E-state index in [1.165, 1.54) is 36.0 Å². The summed E-state index contributed by atoms with van der Waals surface area (Å²) < 4.78 is 10.8. The van der Waals surface area contributed by atoms with Crippen LogP contribution in [0.1, 0.15) is 47.7 Å². The van der Waals surface area contributed by atoms with Crippen molar-refractivity contribution in [2.45, 2.75) is 26.2 Å². The number of carbonyl (C=O) groups is 2. The number of carbonyl (C=O) groups excluding carboxylic acids is 2. The highest BCUT2D eigenvalue weighted by Gasteiger charge is 2.12. The molecule has 0 fully saturated rings. The van der Waals surface area contributed by atoms with E-state index >= 15 is 0 Å². The first-order valence-electron chi connectivity index (χ1n) is 11.0. The Hall–Kier alpha value is -4.53. The van der Waals surface area contributed by atoms with Crippen LogP contribution in [0.3, 0.4) is 0 Å². The maximum Gasteiger partial charge on any atom is 0.343 e. The maximum absolute atomic E-state index is 12.3. The molecule has 0 radical (unpaired) electrons.